The topological polar surface area (TPSA) is 103 Å². The number of hydrogen-bond acceptors (Lipinski definition) is 7. The van der Waals surface area contributed by atoms with Gasteiger partial charge in [-0.25, -0.2) is 8.42 Å². The zero-order valence-electron chi connectivity index (χ0n) is 16.9. The molecule has 0 spiro atoms. The first kappa shape index (κ1) is 21.2. The predicted octanol–water partition coefficient (Wildman–Crippen LogP) is 2.10. The van der Waals surface area contributed by atoms with Crippen molar-refractivity contribution < 1.29 is 32.2 Å². The lowest BCUT2D eigenvalue weighted by molar-refractivity contribution is -0.111. The molecular formula is C21H22N2O7S. The molecule has 1 amide bonds. The number of hydrogen-bond donors (Lipinski definition) is 1. The molecule has 4 rings (SSSR count). The van der Waals surface area contributed by atoms with E-state index in [1.807, 2.05) is 0 Å². The quantitative estimate of drug-likeness (QED) is 0.678. The van der Waals surface area contributed by atoms with Crippen LogP contribution in [0.4, 0.5) is 5.69 Å². The predicted molar refractivity (Wildman–Crippen MR) is 113 cm³/mol. The SMILES string of the molecule is COc1ccc(C=CC(=O)Nc2ccc3c(c2)OCO3)cc1S(=O)(=O)N1CCOCC1. The van der Waals surface area contributed by atoms with Gasteiger partial charge in [0.05, 0.1) is 20.3 Å². The van der Waals surface area contributed by atoms with Crippen LogP contribution in [0.15, 0.2) is 47.4 Å². The number of fused-ring (bicyclic) bond motifs is 1. The first-order valence-corrected chi connectivity index (χ1v) is 11.1. The van der Waals surface area contributed by atoms with Crippen molar-refractivity contribution in [2.45, 2.75) is 4.90 Å². The van der Waals surface area contributed by atoms with Gasteiger partial charge in [-0.05, 0) is 35.9 Å². The van der Waals surface area contributed by atoms with Gasteiger partial charge in [0.1, 0.15) is 10.6 Å². The summed E-state index contributed by atoms with van der Waals surface area (Å²) in [5.41, 5.74) is 1.11. The van der Waals surface area contributed by atoms with Crippen molar-refractivity contribution in [3.8, 4) is 17.2 Å². The van der Waals surface area contributed by atoms with Crippen molar-refractivity contribution in [2.75, 3.05) is 45.5 Å². The molecule has 1 N–H and O–H groups in total. The summed E-state index contributed by atoms with van der Waals surface area (Å²) < 4.78 is 48.5. The fourth-order valence-electron chi connectivity index (χ4n) is 3.25. The number of morpholine rings is 1. The molecule has 2 aromatic rings. The Morgan fingerprint density at radius 3 is 2.65 bits per heavy atom. The zero-order valence-corrected chi connectivity index (χ0v) is 17.7. The van der Waals surface area contributed by atoms with Crippen molar-refractivity contribution in [3.05, 3.63) is 48.0 Å². The number of anilines is 1. The Hall–Kier alpha value is -3.08. The van der Waals surface area contributed by atoms with E-state index < -0.39 is 10.0 Å². The third kappa shape index (κ3) is 4.66. The number of amides is 1. The minimum Gasteiger partial charge on any atom is -0.495 e. The van der Waals surface area contributed by atoms with Gasteiger partial charge in [0.2, 0.25) is 22.7 Å². The van der Waals surface area contributed by atoms with Crippen molar-refractivity contribution in [3.63, 3.8) is 0 Å². The van der Waals surface area contributed by atoms with E-state index in [2.05, 4.69) is 5.32 Å². The maximum Gasteiger partial charge on any atom is 0.248 e. The van der Waals surface area contributed by atoms with E-state index in [9.17, 15) is 13.2 Å². The molecule has 1 fully saturated rings. The molecule has 2 aromatic carbocycles. The highest BCUT2D eigenvalue weighted by Crippen LogP contribution is 2.34. The second-order valence-electron chi connectivity index (χ2n) is 6.82. The summed E-state index contributed by atoms with van der Waals surface area (Å²) in [4.78, 5) is 12.4. The lowest BCUT2D eigenvalue weighted by Crippen LogP contribution is -2.40. The molecule has 0 saturated carbocycles. The number of carbonyl (C=O) groups excluding carboxylic acids is 1. The van der Waals surface area contributed by atoms with Crippen LogP contribution in [0.25, 0.3) is 6.08 Å². The minimum absolute atomic E-state index is 0.0511. The first-order valence-electron chi connectivity index (χ1n) is 9.62. The first-order chi connectivity index (χ1) is 15.0. The summed E-state index contributed by atoms with van der Waals surface area (Å²) in [6.45, 7) is 1.41. The molecule has 2 aliphatic heterocycles. The van der Waals surface area contributed by atoms with Gasteiger partial charge in [0.15, 0.2) is 11.5 Å². The molecule has 10 heteroatoms. The molecule has 31 heavy (non-hydrogen) atoms. The second kappa shape index (κ2) is 8.96. The number of methoxy groups -OCH3 is 1. The van der Waals surface area contributed by atoms with Crippen LogP contribution in [-0.4, -0.2) is 58.8 Å². The highest BCUT2D eigenvalue weighted by Gasteiger charge is 2.29. The van der Waals surface area contributed by atoms with Crippen LogP contribution in [0.5, 0.6) is 17.2 Å². The fourth-order valence-corrected chi connectivity index (χ4v) is 4.85. The minimum atomic E-state index is -3.75. The van der Waals surface area contributed by atoms with Gasteiger partial charge in [-0.15, -0.1) is 0 Å². The van der Waals surface area contributed by atoms with Crippen LogP contribution in [0, 0.1) is 0 Å². The van der Waals surface area contributed by atoms with Gasteiger partial charge in [0, 0.05) is 30.9 Å². The summed E-state index contributed by atoms with van der Waals surface area (Å²) >= 11 is 0. The lowest BCUT2D eigenvalue weighted by atomic mass is 10.2. The average molecular weight is 446 g/mol. The van der Waals surface area contributed by atoms with Crippen molar-refractivity contribution in [1.82, 2.24) is 4.31 Å². The summed E-state index contributed by atoms with van der Waals surface area (Å²) in [6.07, 6.45) is 2.87. The van der Waals surface area contributed by atoms with Gasteiger partial charge >= 0.3 is 0 Å². The molecule has 0 aromatic heterocycles. The van der Waals surface area contributed by atoms with Gasteiger partial charge < -0.3 is 24.3 Å². The van der Waals surface area contributed by atoms with E-state index in [-0.39, 0.29) is 36.4 Å². The monoisotopic (exact) mass is 446 g/mol. The number of rotatable bonds is 6. The van der Waals surface area contributed by atoms with Crippen LogP contribution >= 0.6 is 0 Å². The van der Waals surface area contributed by atoms with Gasteiger partial charge in [-0.3, -0.25) is 4.79 Å². The Balaban J connectivity index is 1.51. The van der Waals surface area contributed by atoms with E-state index in [0.29, 0.717) is 36.0 Å². The van der Waals surface area contributed by atoms with Gasteiger partial charge in [-0.2, -0.15) is 4.31 Å². The summed E-state index contributed by atoms with van der Waals surface area (Å²) in [5.74, 6) is 1.07. The Morgan fingerprint density at radius 1 is 1.10 bits per heavy atom. The molecule has 0 bridgehead atoms. The van der Waals surface area contributed by atoms with E-state index in [4.69, 9.17) is 18.9 Å². The van der Waals surface area contributed by atoms with Crippen molar-refractivity contribution >= 4 is 27.7 Å². The van der Waals surface area contributed by atoms with Gasteiger partial charge in [-0.1, -0.05) is 6.07 Å². The average Bonchev–Trinajstić information content (AvgIpc) is 3.26. The molecule has 1 saturated heterocycles. The highest BCUT2D eigenvalue weighted by atomic mass is 32.2. The normalized spacial score (nSPS) is 16.4. The third-order valence-corrected chi connectivity index (χ3v) is 6.76. The molecular weight excluding hydrogens is 424 g/mol. The maximum absolute atomic E-state index is 13.1. The molecule has 2 heterocycles. The molecule has 2 aliphatic rings. The summed E-state index contributed by atoms with van der Waals surface area (Å²) in [5, 5.41) is 2.73. The number of carbonyl (C=O) groups is 1. The molecule has 0 aliphatic carbocycles. The third-order valence-electron chi connectivity index (χ3n) is 4.84. The number of nitrogens with zero attached hydrogens (tertiary/aromatic N) is 1. The number of nitrogens with one attached hydrogen (secondary N) is 1. The second-order valence-corrected chi connectivity index (χ2v) is 8.72. The molecule has 164 valence electrons. The van der Waals surface area contributed by atoms with Crippen LogP contribution in [0.2, 0.25) is 0 Å². The maximum atomic E-state index is 13.1. The van der Waals surface area contributed by atoms with Crippen molar-refractivity contribution in [1.29, 1.82) is 0 Å². The molecule has 0 unspecified atom stereocenters. The van der Waals surface area contributed by atoms with Crippen LogP contribution < -0.4 is 19.5 Å². The van der Waals surface area contributed by atoms with E-state index in [1.165, 1.54) is 23.6 Å². The number of sulfonamides is 1. The van der Waals surface area contributed by atoms with E-state index in [1.54, 1.807) is 36.4 Å². The largest absolute Gasteiger partial charge is 0.495 e. The molecule has 9 nitrogen and oxygen atoms in total. The number of ether oxygens (including phenoxy) is 4. The van der Waals surface area contributed by atoms with Crippen molar-refractivity contribution in [2.24, 2.45) is 0 Å². The highest BCUT2D eigenvalue weighted by molar-refractivity contribution is 7.89. The summed E-state index contributed by atoms with van der Waals surface area (Å²) in [7, 11) is -2.33. The van der Waals surface area contributed by atoms with Crippen LogP contribution in [0.3, 0.4) is 0 Å². The summed E-state index contributed by atoms with van der Waals surface area (Å²) in [6, 6.07) is 9.85. The number of benzene rings is 2. The van der Waals surface area contributed by atoms with Crippen LogP contribution in [0.1, 0.15) is 5.56 Å². The van der Waals surface area contributed by atoms with Gasteiger partial charge in [0.25, 0.3) is 0 Å². The Bertz CT molecular complexity index is 1110. The van der Waals surface area contributed by atoms with E-state index in [0.717, 1.165) is 0 Å². The lowest BCUT2D eigenvalue weighted by Gasteiger charge is -2.26. The van der Waals surface area contributed by atoms with E-state index >= 15 is 0 Å². The zero-order chi connectivity index (χ0) is 21.8. The fraction of sp³-hybridized carbons (Fsp3) is 0.286. The Labute approximate surface area is 180 Å². The molecule has 0 radical (unpaired) electrons. The Morgan fingerprint density at radius 2 is 1.87 bits per heavy atom. The van der Waals surface area contributed by atoms with Crippen LogP contribution in [-0.2, 0) is 19.6 Å². The smallest absolute Gasteiger partial charge is 0.248 e. The standard InChI is InChI=1S/C21H22N2O7S/c1-27-18-5-2-15(12-20(18)31(25,26)23-8-10-28-11-9-23)3-7-21(24)22-16-4-6-17-19(13-16)30-14-29-17/h2-7,12-13H,8-11,14H2,1H3,(H,22,24). The Kier molecular flexibility index (Phi) is 6.12. The molecule has 0 atom stereocenters.